The summed E-state index contributed by atoms with van der Waals surface area (Å²) in [4.78, 5) is 1.86. The Morgan fingerprint density at radius 2 is 2.29 bits per heavy atom. The number of nitrogens with zero attached hydrogens (tertiary/aromatic N) is 3. The lowest BCUT2D eigenvalue weighted by Gasteiger charge is -2.11. The third-order valence-electron chi connectivity index (χ3n) is 2.60. The van der Waals surface area contributed by atoms with Crippen molar-refractivity contribution in [2.24, 2.45) is 16.0 Å². The number of aliphatic hydroxyl groups excluding tert-OH is 1. The predicted molar refractivity (Wildman–Crippen MR) is 67.6 cm³/mol. The number of phenolic OH excluding ortho intramolecular Hbond substituents is 1. The number of phenols is 1. The Bertz CT molecular complexity index is 503. The van der Waals surface area contributed by atoms with Gasteiger partial charge < -0.3 is 20.8 Å². The molecular formula is C10H12N4O2S. The minimum Gasteiger partial charge on any atom is -0.506 e. The first-order valence-electron chi connectivity index (χ1n) is 4.96. The zero-order valence-electron chi connectivity index (χ0n) is 9.16. The fourth-order valence-corrected chi connectivity index (χ4v) is 1.86. The van der Waals surface area contributed by atoms with Crippen molar-refractivity contribution in [3.05, 3.63) is 17.7 Å². The zero-order chi connectivity index (χ0) is 12.6. The fourth-order valence-electron chi connectivity index (χ4n) is 1.82. The molecule has 1 heterocycles. The first-order chi connectivity index (χ1) is 7.99. The normalized spacial score (nSPS) is 18.7. The van der Waals surface area contributed by atoms with Crippen LogP contribution in [0.15, 0.2) is 22.4 Å². The third kappa shape index (κ3) is 2.20. The van der Waals surface area contributed by atoms with Gasteiger partial charge in [0, 0.05) is 30.9 Å². The Hall–Kier alpha value is -1.73. The quantitative estimate of drug-likeness (QED) is 0.515. The number of likely N-dealkylation sites (N-methyl/N-ethyl adjacent to an activating group) is 1. The van der Waals surface area contributed by atoms with Crippen molar-refractivity contribution in [2.75, 3.05) is 18.5 Å². The molecule has 0 radical (unpaired) electrons. The molecule has 1 unspecified atom stereocenters. The lowest BCUT2D eigenvalue weighted by molar-refractivity contribution is 0.195. The van der Waals surface area contributed by atoms with E-state index < -0.39 is 6.10 Å². The van der Waals surface area contributed by atoms with Crippen LogP contribution in [0.1, 0.15) is 11.7 Å². The maximum atomic E-state index is 9.80. The highest BCUT2D eigenvalue weighted by Crippen LogP contribution is 2.41. The van der Waals surface area contributed by atoms with E-state index >= 15 is 0 Å². The van der Waals surface area contributed by atoms with Crippen molar-refractivity contribution in [2.45, 2.75) is 6.10 Å². The van der Waals surface area contributed by atoms with Crippen LogP contribution in [0.4, 0.5) is 11.4 Å². The second-order valence-electron chi connectivity index (χ2n) is 3.83. The summed E-state index contributed by atoms with van der Waals surface area (Å²) in [5, 5.41) is 26.7. The van der Waals surface area contributed by atoms with E-state index in [9.17, 15) is 10.2 Å². The number of azo groups is 1. The van der Waals surface area contributed by atoms with Gasteiger partial charge in [-0.2, -0.15) is 0 Å². The van der Waals surface area contributed by atoms with Crippen LogP contribution in [0.5, 0.6) is 5.75 Å². The highest BCUT2D eigenvalue weighted by Gasteiger charge is 2.26. The minimum atomic E-state index is -0.589. The maximum Gasteiger partial charge on any atom is 0.211 e. The fraction of sp³-hybridized carbons (Fsp3) is 0.300. The van der Waals surface area contributed by atoms with E-state index in [4.69, 9.17) is 5.73 Å². The largest absolute Gasteiger partial charge is 0.506 e. The molecule has 4 N–H and O–H groups in total. The van der Waals surface area contributed by atoms with E-state index in [2.05, 4.69) is 22.4 Å². The summed E-state index contributed by atoms with van der Waals surface area (Å²) < 4.78 is 0. The minimum absolute atomic E-state index is 0.0234. The first kappa shape index (κ1) is 11.7. The number of β-amino-alcohol motifs (C(OH)–C–C–N with tert-alkyl or cyclic N) is 1. The zero-order valence-corrected chi connectivity index (χ0v) is 9.98. The molecule has 17 heavy (non-hydrogen) atoms. The Kier molecular flexibility index (Phi) is 2.95. The van der Waals surface area contributed by atoms with Gasteiger partial charge in [-0.05, 0) is 18.3 Å². The summed E-state index contributed by atoms with van der Waals surface area (Å²) in [6.07, 6.45) is -0.589. The molecule has 0 bridgehead atoms. The van der Waals surface area contributed by atoms with Crippen LogP contribution in [0.3, 0.4) is 0 Å². The number of aliphatic hydroxyl groups is 1. The number of aromatic hydroxyl groups is 1. The molecule has 1 atom stereocenters. The average Bonchev–Trinajstić information content (AvgIpc) is 2.51. The summed E-state index contributed by atoms with van der Waals surface area (Å²) in [7, 11) is 1.84. The van der Waals surface area contributed by atoms with Crippen LogP contribution >= 0.6 is 12.2 Å². The molecule has 0 fully saturated rings. The predicted octanol–water partition coefficient (Wildman–Crippen LogP) is 1.20. The molecule has 7 heteroatoms. The number of anilines is 1. The topological polar surface area (TPSA) is 94.4 Å². The van der Waals surface area contributed by atoms with Gasteiger partial charge in [-0.1, -0.05) is 0 Å². The lowest BCUT2D eigenvalue weighted by Crippen LogP contribution is -2.14. The molecule has 0 aromatic heterocycles. The molecule has 6 nitrogen and oxygen atoms in total. The van der Waals surface area contributed by atoms with Crippen molar-refractivity contribution in [1.82, 2.24) is 0 Å². The van der Waals surface area contributed by atoms with Crippen LogP contribution in [-0.2, 0) is 0 Å². The molecule has 1 aromatic carbocycles. The van der Waals surface area contributed by atoms with Gasteiger partial charge in [0.15, 0.2) is 0 Å². The Labute approximate surface area is 103 Å². The SMILES string of the molecule is CN1CC(O)c2cc(N=NC(N)=S)c(O)cc21. The van der Waals surface area contributed by atoms with Crippen molar-refractivity contribution >= 4 is 28.7 Å². The Morgan fingerprint density at radius 3 is 2.94 bits per heavy atom. The van der Waals surface area contributed by atoms with Crippen LogP contribution in [0.25, 0.3) is 0 Å². The van der Waals surface area contributed by atoms with Gasteiger partial charge in [-0.15, -0.1) is 10.2 Å². The summed E-state index contributed by atoms with van der Waals surface area (Å²) >= 11 is 4.56. The molecule has 1 aliphatic rings. The van der Waals surface area contributed by atoms with E-state index in [1.807, 2.05) is 11.9 Å². The summed E-state index contributed by atoms with van der Waals surface area (Å²) in [6, 6.07) is 3.13. The number of benzene rings is 1. The standard InChI is InChI=1S/C10H12N4O2S/c1-14-4-9(16)5-2-6(12-13-10(11)17)8(15)3-7(5)14/h2-3,9,15-16H,4H2,1H3,(H2,11,17). The summed E-state index contributed by atoms with van der Waals surface area (Å²) in [6.45, 7) is 0.491. The molecule has 1 aromatic rings. The molecule has 0 spiro atoms. The van der Waals surface area contributed by atoms with Crippen molar-refractivity contribution in [1.29, 1.82) is 0 Å². The molecule has 1 aliphatic heterocycles. The van der Waals surface area contributed by atoms with E-state index in [0.717, 1.165) is 5.69 Å². The van der Waals surface area contributed by atoms with Gasteiger partial charge in [-0.25, -0.2) is 0 Å². The maximum absolute atomic E-state index is 9.80. The molecule has 0 saturated carbocycles. The van der Waals surface area contributed by atoms with E-state index in [0.29, 0.717) is 12.1 Å². The van der Waals surface area contributed by atoms with E-state index in [1.165, 1.54) is 0 Å². The van der Waals surface area contributed by atoms with Gasteiger partial charge in [0.2, 0.25) is 5.11 Å². The van der Waals surface area contributed by atoms with E-state index in [-0.39, 0.29) is 16.5 Å². The number of thiocarbonyl (C=S) groups is 1. The van der Waals surface area contributed by atoms with Gasteiger partial charge in [0.25, 0.3) is 0 Å². The second kappa shape index (κ2) is 4.27. The molecule has 0 saturated heterocycles. The van der Waals surface area contributed by atoms with E-state index in [1.54, 1.807) is 12.1 Å². The molecule has 0 aliphatic carbocycles. The summed E-state index contributed by atoms with van der Waals surface area (Å²) in [5.41, 5.74) is 6.92. The smallest absolute Gasteiger partial charge is 0.211 e. The van der Waals surface area contributed by atoms with Gasteiger partial charge >= 0.3 is 0 Å². The molecule has 90 valence electrons. The van der Waals surface area contributed by atoms with Crippen LogP contribution in [-0.4, -0.2) is 28.9 Å². The monoisotopic (exact) mass is 252 g/mol. The number of hydrogen-bond donors (Lipinski definition) is 3. The van der Waals surface area contributed by atoms with Gasteiger partial charge in [-0.3, -0.25) is 0 Å². The van der Waals surface area contributed by atoms with Gasteiger partial charge in [0.05, 0.1) is 6.10 Å². The molecule has 2 rings (SSSR count). The first-order valence-corrected chi connectivity index (χ1v) is 5.37. The van der Waals surface area contributed by atoms with Crippen molar-refractivity contribution in [3.63, 3.8) is 0 Å². The highest BCUT2D eigenvalue weighted by molar-refractivity contribution is 7.80. The number of hydrogen-bond acceptors (Lipinski definition) is 5. The molecule has 0 amide bonds. The summed E-state index contributed by atoms with van der Waals surface area (Å²) in [5.74, 6) is -0.0234. The average molecular weight is 252 g/mol. The number of fused-ring (bicyclic) bond motifs is 1. The Balaban J connectivity index is 2.44. The second-order valence-corrected chi connectivity index (χ2v) is 4.25. The lowest BCUT2D eigenvalue weighted by atomic mass is 10.1. The van der Waals surface area contributed by atoms with Gasteiger partial charge in [0.1, 0.15) is 11.4 Å². The van der Waals surface area contributed by atoms with Crippen LogP contribution in [0.2, 0.25) is 0 Å². The number of nitrogens with two attached hydrogens (primary N) is 1. The van der Waals surface area contributed by atoms with Crippen molar-refractivity contribution in [3.8, 4) is 5.75 Å². The highest BCUT2D eigenvalue weighted by atomic mass is 32.1. The Morgan fingerprint density at radius 1 is 1.59 bits per heavy atom. The third-order valence-corrected chi connectivity index (χ3v) is 2.68. The van der Waals surface area contributed by atoms with Crippen molar-refractivity contribution < 1.29 is 10.2 Å². The number of rotatable bonds is 1. The van der Waals surface area contributed by atoms with Crippen LogP contribution in [0, 0.1) is 0 Å². The van der Waals surface area contributed by atoms with Crippen LogP contribution < -0.4 is 10.6 Å². The molecular weight excluding hydrogens is 240 g/mol.